The molecule has 0 N–H and O–H groups in total. The van der Waals surface area contributed by atoms with Crippen LogP contribution < -0.4 is 4.74 Å². The number of hydrogen-bond acceptors (Lipinski definition) is 1. The Balaban J connectivity index is 1.80. The molecule has 0 radical (unpaired) electrons. The summed E-state index contributed by atoms with van der Waals surface area (Å²) in [6.45, 7) is 1.98. The number of fused-ring (bicyclic) bond motifs is 1. The highest BCUT2D eigenvalue weighted by molar-refractivity contribution is 5.85. The Bertz CT molecular complexity index is 1080. The maximum Gasteiger partial charge on any atom is 0.573 e. The molecule has 3 rings (SSSR count). The highest BCUT2D eigenvalue weighted by Gasteiger charge is 2.30. The molecule has 0 bridgehead atoms. The Kier molecular flexibility index (Phi) is 6.23. The van der Waals surface area contributed by atoms with Gasteiger partial charge in [-0.25, -0.2) is 4.39 Å². The van der Waals surface area contributed by atoms with Crippen molar-refractivity contribution in [1.29, 1.82) is 0 Å². The maximum absolute atomic E-state index is 14.8. The topological polar surface area (TPSA) is 9.23 Å². The molecule has 1 nitrogen and oxygen atoms in total. The number of ether oxygens (including phenoxy) is 1. The van der Waals surface area contributed by atoms with E-state index in [1.54, 1.807) is 12.1 Å². The second kappa shape index (κ2) is 8.83. The van der Waals surface area contributed by atoms with Gasteiger partial charge in [0.1, 0.15) is 11.6 Å². The van der Waals surface area contributed by atoms with Crippen molar-refractivity contribution in [3.05, 3.63) is 89.3 Å². The van der Waals surface area contributed by atoms with E-state index in [1.807, 2.05) is 31.2 Å². The molecule has 0 atom stereocenters. The summed E-state index contributed by atoms with van der Waals surface area (Å²) in [4.78, 5) is 0. The zero-order valence-electron chi connectivity index (χ0n) is 15.7. The summed E-state index contributed by atoms with van der Waals surface area (Å²) in [6, 6.07) is 14.2. The summed E-state index contributed by atoms with van der Waals surface area (Å²) in [5.41, 5.74) is 1.82. The molecule has 0 aliphatic rings. The van der Waals surface area contributed by atoms with Gasteiger partial charge in [-0.1, -0.05) is 48.3 Å². The molecule has 0 aromatic heterocycles. The minimum absolute atomic E-state index is 0.231. The van der Waals surface area contributed by atoms with Gasteiger partial charge in [-0.3, -0.25) is 0 Å². The number of hydrogen-bond donors (Lipinski definition) is 0. The van der Waals surface area contributed by atoms with Gasteiger partial charge in [0.15, 0.2) is 0 Å². The number of allylic oxidation sites excluding steroid dienone is 2. The van der Waals surface area contributed by atoms with Crippen molar-refractivity contribution in [3.63, 3.8) is 0 Å². The number of benzene rings is 3. The summed E-state index contributed by atoms with van der Waals surface area (Å²) >= 11 is 0. The van der Waals surface area contributed by atoms with Crippen molar-refractivity contribution in [2.75, 3.05) is 0 Å². The van der Waals surface area contributed by atoms with Gasteiger partial charge in [-0.2, -0.15) is 0 Å². The number of halogens is 4. The first-order valence-electron chi connectivity index (χ1n) is 9.06. The molecule has 0 saturated carbocycles. The minimum atomic E-state index is -4.74. The molecule has 0 aliphatic heterocycles. The third kappa shape index (κ3) is 5.61. The monoisotopic (exact) mass is 398 g/mol. The summed E-state index contributed by atoms with van der Waals surface area (Å²) in [6.07, 6.45) is 1.17. The molecule has 0 fully saturated rings. The van der Waals surface area contributed by atoms with E-state index in [2.05, 4.69) is 22.7 Å². The quantitative estimate of drug-likeness (QED) is 0.267. The van der Waals surface area contributed by atoms with Crippen LogP contribution in [0.5, 0.6) is 5.75 Å². The lowest BCUT2D eigenvalue weighted by atomic mass is 10.0. The van der Waals surface area contributed by atoms with Crippen LogP contribution in [-0.4, -0.2) is 6.36 Å². The molecule has 148 valence electrons. The van der Waals surface area contributed by atoms with E-state index < -0.39 is 12.2 Å². The number of alkyl halides is 3. The molecular weight excluding hydrogens is 380 g/mol. The smallest absolute Gasteiger partial charge is 0.406 e. The van der Waals surface area contributed by atoms with E-state index in [0.29, 0.717) is 10.9 Å². The third-order valence-corrected chi connectivity index (χ3v) is 4.28. The average Bonchev–Trinajstić information content (AvgIpc) is 2.68. The minimum Gasteiger partial charge on any atom is -0.406 e. The van der Waals surface area contributed by atoms with Crippen molar-refractivity contribution >= 4 is 10.8 Å². The van der Waals surface area contributed by atoms with Crippen molar-refractivity contribution in [2.24, 2.45) is 0 Å². The molecule has 0 spiro atoms. The van der Waals surface area contributed by atoms with Crippen LogP contribution in [0, 0.1) is 17.7 Å². The van der Waals surface area contributed by atoms with E-state index in [9.17, 15) is 17.6 Å². The Morgan fingerprint density at radius 3 is 2.41 bits per heavy atom. The first-order valence-corrected chi connectivity index (χ1v) is 9.06. The second-order valence-corrected chi connectivity index (χ2v) is 6.41. The average molecular weight is 398 g/mol. The van der Waals surface area contributed by atoms with E-state index in [1.165, 1.54) is 24.3 Å². The first-order chi connectivity index (χ1) is 13.9. The van der Waals surface area contributed by atoms with Gasteiger partial charge in [0.2, 0.25) is 0 Å². The van der Waals surface area contributed by atoms with Gasteiger partial charge in [0.25, 0.3) is 0 Å². The van der Waals surface area contributed by atoms with Crippen LogP contribution >= 0.6 is 0 Å². The highest BCUT2D eigenvalue weighted by Crippen LogP contribution is 2.24. The van der Waals surface area contributed by atoms with Crippen LogP contribution in [0.3, 0.4) is 0 Å². The molecule has 0 heterocycles. The van der Waals surface area contributed by atoms with E-state index in [4.69, 9.17) is 0 Å². The fourth-order valence-corrected chi connectivity index (χ4v) is 2.89. The van der Waals surface area contributed by atoms with Crippen molar-refractivity contribution < 1.29 is 22.3 Å². The van der Waals surface area contributed by atoms with Gasteiger partial charge in [-0.05, 0) is 61.0 Å². The van der Waals surface area contributed by atoms with E-state index in [-0.39, 0.29) is 11.3 Å². The summed E-state index contributed by atoms with van der Waals surface area (Å²) in [7, 11) is 0. The molecule has 0 amide bonds. The van der Waals surface area contributed by atoms with Crippen LogP contribution in [0.2, 0.25) is 0 Å². The molecule has 3 aromatic rings. The molecule has 0 unspecified atom stereocenters. The summed E-state index contributed by atoms with van der Waals surface area (Å²) in [5.74, 6) is 4.78. The molecule has 5 heteroatoms. The molecule has 0 saturated heterocycles. The summed E-state index contributed by atoms with van der Waals surface area (Å²) < 4.78 is 55.2. The van der Waals surface area contributed by atoms with Gasteiger partial charge in [0.05, 0.1) is 5.56 Å². The van der Waals surface area contributed by atoms with Crippen LogP contribution in [-0.2, 0) is 6.42 Å². The Morgan fingerprint density at radius 2 is 1.72 bits per heavy atom. The third-order valence-electron chi connectivity index (χ3n) is 4.28. The lowest BCUT2D eigenvalue weighted by molar-refractivity contribution is -0.274. The van der Waals surface area contributed by atoms with Gasteiger partial charge >= 0.3 is 6.36 Å². The highest BCUT2D eigenvalue weighted by atomic mass is 19.4. The fourth-order valence-electron chi connectivity index (χ4n) is 2.89. The van der Waals surface area contributed by atoms with Crippen molar-refractivity contribution in [1.82, 2.24) is 0 Å². The Hall–Kier alpha value is -3.26. The normalized spacial score (nSPS) is 11.5. The number of rotatable bonds is 4. The molecule has 0 aliphatic carbocycles. The maximum atomic E-state index is 14.8. The Labute approximate surface area is 166 Å². The lowest BCUT2D eigenvalue weighted by Crippen LogP contribution is -2.16. The van der Waals surface area contributed by atoms with E-state index >= 15 is 0 Å². The van der Waals surface area contributed by atoms with Gasteiger partial charge in [0, 0.05) is 10.9 Å². The first kappa shape index (κ1) is 20.5. The van der Waals surface area contributed by atoms with Crippen molar-refractivity contribution in [2.45, 2.75) is 26.1 Å². The molecular formula is C24H18F4O. The predicted molar refractivity (Wildman–Crippen MR) is 106 cm³/mol. The fraction of sp³-hybridized carbons (Fsp3) is 0.167. The second-order valence-electron chi connectivity index (χ2n) is 6.41. The van der Waals surface area contributed by atoms with Crippen molar-refractivity contribution in [3.8, 4) is 17.6 Å². The predicted octanol–water partition coefficient (Wildman–Crippen LogP) is 6.79. The summed E-state index contributed by atoms with van der Waals surface area (Å²) in [5, 5.41) is 1.29. The zero-order valence-corrected chi connectivity index (χ0v) is 15.7. The molecule has 29 heavy (non-hydrogen) atoms. The van der Waals surface area contributed by atoms with E-state index in [0.717, 1.165) is 23.8 Å². The standard InChI is InChI=1S/C24H18F4O/c1-2-3-4-5-18-9-15-22-20(16-18)12-11-19(23(22)25)10-6-17-7-13-21(14-8-17)29-24(26,27)28/h2-3,7-9,11-16H,4-5H2,1H3/b3-2+. The van der Waals surface area contributed by atoms with Crippen LogP contribution in [0.1, 0.15) is 30.0 Å². The largest absolute Gasteiger partial charge is 0.573 e. The van der Waals surface area contributed by atoms with Gasteiger partial charge < -0.3 is 4.74 Å². The van der Waals surface area contributed by atoms with Crippen LogP contribution in [0.25, 0.3) is 10.8 Å². The Morgan fingerprint density at radius 1 is 0.966 bits per heavy atom. The lowest BCUT2D eigenvalue weighted by Gasteiger charge is -2.08. The number of aryl methyl sites for hydroxylation is 1. The van der Waals surface area contributed by atoms with Crippen LogP contribution in [0.15, 0.2) is 66.7 Å². The SMILES string of the molecule is C/C=C/CCc1ccc2c(F)c(C#Cc3ccc(OC(F)(F)F)cc3)ccc2c1. The van der Waals surface area contributed by atoms with Crippen LogP contribution in [0.4, 0.5) is 17.6 Å². The zero-order chi connectivity index (χ0) is 20.9. The molecule has 3 aromatic carbocycles. The van der Waals surface area contributed by atoms with Gasteiger partial charge in [-0.15, -0.1) is 13.2 Å².